The summed E-state index contributed by atoms with van der Waals surface area (Å²) in [7, 11) is 7.99. The second-order valence-electron chi connectivity index (χ2n) is 20.2. The molecule has 4 bridgehead atoms. The highest BCUT2D eigenvalue weighted by atomic mass is 31.1. The lowest BCUT2D eigenvalue weighted by molar-refractivity contribution is 0.237. The van der Waals surface area contributed by atoms with E-state index in [0.717, 1.165) is 52.5 Å². The first-order chi connectivity index (χ1) is 26.1. The third-order valence-corrected chi connectivity index (χ3v) is 22.9. The predicted molar refractivity (Wildman–Crippen MR) is 239 cm³/mol. The zero-order valence-electron chi connectivity index (χ0n) is 34.6. The maximum atomic E-state index is 2.87. The van der Waals surface area contributed by atoms with Crippen LogP contribution in [0.25, 0.3) is 0 Å². The van der Waals surface area contributed by atoms with Gasteiger partial charge in [-0.15, -0.1) is 0 Å². The largest absolute Gasteiger partial charge is 0.378 e. The standard InChI is InChI=1S/C50H70N2P2/c1-34(53(48-29-36-15-17-38(48)27-36)49-30-37-16-18-39(49)28-37)45-32-50(2,31-35-11-7-8-12-35)33-46(45)44-13-9-10-14-47(44)54(42-23-19-40(20-24-42)51(3)4)43-25-21-41(22-26-43)52(5)6/h9-10,13-14,19-26,34-39,45-46,48-49H,7-8,11-12,15-18,27-33H2,1-6H3/t34-,36?,37?,38-,39?,45?,46?,48?,49?,50-,53?/m1/s1. The number of nitrogens with zero attached hydrogens (tertiary/aromatic N) is 2. The van der Waals surface area contributed by atoms with Gasteiger partial charge in [0.2, 0.25) is 0 Å². The van der Waals surface area contributed by atoms with E-state index < -0.39 is 7.92 Å². The first-order valence-electron chi connectivity index (χ1n) is 22.4. The van der Waals surface area contributed by atoms with Crippen LogP contribution in [0.4, 0.5) is 11.4 Å². The number of anilines is 2. The lowest BCUT2D eigenvalue weighted by atomic mass is 9.77. The number of benzene rings is 3. The van der Waals surface area contributed by atoms with E-state index in [1.54, 1.807) is 62.2 Å². The summed E-state index contributed by atoms with van der Waals surface area (Å²) in [5, 5.41) is 4.62. The molecular weight excluding hydrogens is 691 g/mol. The summed E-state index contributed by atoms with van der Waals surface area (Å²) in [5.74, 6) is 6.67. The topological polar surface area (TPSA) is 6.48 Å². The summed E-state index contributed by atoms with van der Waals surface area (Å²) >= 11 is 0. The van der Waals surface area contributed by atoms with Gasteiger partial charge < -0.3 is 9.80 Å². The summed E-state index contributed by atoms with van der Waals surface area (Å²) < 4.78 is 0. The van der Waals surface area contributed by atoms with Gasteiger partial charge in [0.25, 0.3) is 0 Å². The normalized spacial score (nSPS) is 34.3. The molecule has 9 rings (SSSR count). The van der Waals surface area contributed by atoms with Crippen molar-refractivity contribution < 1.29 is 0 Å². The first-order valence-corrected chi connectivity index (χ1v) is 25.2. The van der Waals surface area contributed by atoms with E-state index >= 15 is 0 Å². The Balaban J connectivity index is 1.13. The molecule has 6 saturated carbocycles. The first kappa shape index (κ1) is 37.7. The van der Waals surface area contributed by atoms with E-state index in [1.165, 1.54) is 66.9 Å². The van der Waals surface area contributed by atoms with Gasteiger partial charge in [-0.05, 0) is 175 Å². The van der Waals surface area contributed by atoms with Gasteiger partial charge in [0.1, 0.15) is 0 Å². The molecular formula is C50H70N2P2. The predicted octanol–water partition coefficient (Wildman–Crippen LogP) is 11.9. The second-order valence-corrected chi connectivity index (χ2v) is 25.5. The Bertz CT molecular complexity index is 1650. The Labute approximate surface area is 332 Å². The van der Waals surface area contributed by atoms with Crippen LogP contribution in [0.5, 0.6) is 0 Å². The Morgan fingerprint density at radius 3 is 1.67 bits per heavy atom. The van der Waals surface area contributed by atoms with E-state index in [1.807, 2.05) is 0 Å². The van der Waals surface area contributed by atoms with Gasteiger partial charge in [-0.3, -0.25) is 0 Å². The second kappa shape index (κ2) is 15.5. The third kappa shape index (κ3) is 7.25. The Morgan fingerprint density at radius 1 is 0.648 bits per heavy atom. The Hall–Kier alpha value is -1.88. The number of hydrogen-bond donors (Lipinski definition) is 0. The molecule has 0 aliphatic heterocycles. The van der Waals surface area contributed by atoms with Crippen LogP contribution in [0, 0.1) is 40.9 Å². The monoisotopic (exact) mass is 761 g/mol. The Morgan fingerprint density at radius 2 is 1.19 bits per heavy atom. The minimum absolute atomic E-state index is 0.0252. The molecule has 6 aliphatic rings. The van der Waals surface area contributed by atoms with E-state index in [0.29, 0.717) is 11.3 Å². The molecule has 290 valence electrons. The van der Waals surface area contributed by atoms with Crippen molar-refractivity contribution in [2.24, 2.45) is 40.9 Å². The highest BCUT2D eigenvalue weighted by Gasteiger charge is 2.55. The molecule has 11 atom stereocenters. The van der Waals surface area contributed by atoms with E-state index in [4.69, 9.17) is 0 Å². The van der Waals surface area contributed by atoms with Crippen LogP contribution in [0.1, 0.15) is 122 Å². The molecule has 54 heavy (non-hydrogen) atoms. The third-order valence-electron chi connectivity index (χ3n) is 16.3. The molecule has 0 saturated heterocycles. The van der Waals surface area contributed by atoms with Crippen molar-refractivity contribution in [3.8, 4) is 0 Å². The maximum Gasteiger partial charge on any atom is 0.0361 e. The van der Waals surface area contributed by atoms with Crippen molar-refractivity contribution >= 4 is 43.1 Å². The number of hydrogen-bond acceptors (Lipinski definition) is 2. The van der Waals surface area contributed by atoms with Crippen molar-refractivity contribution in [2.75, 3.05) is 38.0 Å². The van der Waals surface area contributed by atoms with Crippen LogP contribution in [0.15, 0.2) is 72.8 Å². The van der Waals surface area contributed by atoms with Crippen molar-refractivity contribution in [3.05, 3.63) is 78.4 Å². The molecule has 0 N–H and O–H groups in total. The fourth-order valence-electron chi connectivity index (χ4n) is 13.9. The average Bonchev–Trinajstić information content (AvgIpc) is 4.04. The van der Waals surface area contributed by atoms with Gasteiger partial charge in [-0.2, -0.15) is 0 Å². The highest BCUT2D eigenvalue weighted by Crippen LogP contribution is 2.72. The molecule has 2 nitrogen and oxygen atoms in total. The van der Waals surface area contributed by atoms with Gasteiger partial charge in [0, 0.05) is 39.6 Å². The molecule has 3 aromatic rings. The molecule has 0 heterocycles. The highest BCUT2D eigenvalue weighted by molar-refractivity contribution is 7.80. The fraction of sp³-hybridized carbons (Fsp3) is 0.640. The van der Waals surface area contributed by atoms with Crippen molar-refractivity contribution in [3.63, 3.8) is 0 Å². The number of rotatable bonds is 12. The quantitative estimate of drug-likeness (QED) is 0.170. The zero-order chi connectivity index (χ0) is 37.1. The molecule has 6 fully saturated rings. The molecule has 8 unspecified atom stereocenters. The van der Waals surface area contributed by atoms with Gasteiger partial charge in [-0.25, -0.2) is 0 Å². The lowest BCUT2D eigenvalue weighted by Gasteiger charge is -2.46. The molecule has 6 aliphatic carbocycles. The average molecular weight is 761 g/mol. The van der Waals surface area contributed by atoms with Gasteiger partial charge >= 0.3 is 0 Å². The maximum absolute atomic E-state index is 2.87. The minimum Gasteiger partial charge on any atom is -0.378 e. The van der Waals surface area contributed by atoms with E-state index in [9.17, 15) is 0 Å². The SMILES string of the molecule is C[C@H](C1C[C@@](C)(CC2CCCC2)CC1c1ccccc1P(c1ccc(N(C)C)cc1)c1ccc(N(C)C)cc1)P(C1CC2CCC1C2)C1CC2CC[C@@H]1C2. The molecule has 0 spiro atoms. The van der Waals surface area contributed by atoms with Crippen LogP contribution in [0.3, 0.4) is 0 Å². The zero-order valence-corrected chi connectivity index (χ0v) is 36.4. The van der Waals surface area contributed by atoms with Crippen LogP contribution >= 0.6 is 15.8 Å². The summed E-state index contributed by atoms with van der Waals surface area (Å²) in [4.78, 5) is 4.48. The van der Waals surface area contributed by atoms with Crippen LogP contribution in [0.2, 0.25) is 0 Å². The van der Waals surface area contributed by atoms with Crippen molar-refractivity contribution in [1.82, 2.24) is 0 Å². The number of fused-ring (bicyclic) bond motifs is 4. The lowest BCUT2D eigenvalue weighted by Crippen LogP contribution is -2.34. The van der Waals surface area contributed by atoms with Crippen LogP contribution < -0.4 is 25.7 Å². The molecule has 0 radical (unpaired) electrons. The molecule has 0 aromatic heterocycles. The van der Waals surface area contributed by atoms with Crippen LogP contribution in [-0.2, 0) is 0 Å². The molecule has 4 heteroatoms. The van der Waals surface area contributed by atoms with E-state index in [-0.39, 0.29) is 7.92 Å². The van der Waals surface area contributed by atoms with E-state index in [2.05, 4.69) is 125 Å². The smallest absolute Gasteiger partial charge is 0.0361 e. The summed E-state index contributed by atoms with van der Waals surface area (Å²) in [5.41, 5.74) is 7.76. The molecule has 0 amide bonds. The summed E-state index contributed by atoms with van der Waals surface area (Å²) in [6.45, 7) is 5.64. The molecule has 3 aromatic carbocycles. The van der Waals surface area contributed by atoms with Gasteiger partial charge in [-0.1, -0.05) is 109 Å². The summed E-state index contributed by atoms with van der Waals surface area (Å²) in [6.07, 6.45) is 22.8. The van der Waals surface area contributed by atoms with Crippen molar-refractivity contribution in [1.29, 1.82) is 0 Å². The van der Waals surface area contributed by atoms with Gasteiger partial charge in [0.15, 0.2) is 0 Å². The Kier molecular flexibility index (Phi) is 10.8. The van der Waals surface area contributed by atoms with Gasteiger partial charge in [0.05, 0.1) is 0 Å². The fourth-order valence-corrected chi connectivity index (χ4v) is 21.4. The minimum atomic E-state index is -0.701. The van der Waals surface area contributed by atoms with Crippen molar-refractivity contribution in [2.45, 2.75) is 133 Å². The summed E-state index contributed by atoms with van der Waals surface area (Å²) in [6, 6.07) is 29.3. The van der Waals surface area contributed by atoms with Crippen LogP contribution in [-0.4, -0.2) is 45.2 Å².